The van der Waals surface area contributed by atoms with E-state index in [-0.39, 0.29) is 35.6 Å². The zero-order chi connectivity index (χ0) is 25.0. The molecule has 9 heteroatoms. The van der Waals surface area contributed by atoms with Crippen LogP contribution in [0.2, 0.25) is 0 Å². The van der Waals surface area contributed by atoms with E-state index in [4.69, 9.17) is 0 Å². The van der Waals surface area contributed by atoms with Gasteiger partial charge >= 0.3 is 6.09 Å². The minimum Gasteiger partial charge on any atom is -0.465 e. The molecule has 1 heterocycles. The van der Waals surface area contributed by atoms with Crippen LogP contribution in [0.1, 0.15) is 23.6 Å². The van der Waals surface area contributed by atoms with Gasteiger partial charge in [0.25, 0.3) is 10.0 Å². The van der Waals surface area contributed by atoms with E-state index >= 15 is 0 Å². The molecule has 2 N–H and O–H groups in total. The van der Waals surface area contributed by atoms with Crippen molar-refractivity contribution in [2.45, 2.75) is 23.9 Å². The molecule has 2 amide bonds. The Balaban J connectivity index is 1.68. The summed E-state index contributed by atoms with van der Waals surface area (Å²) in [6.07, 6.45) is 0.374. The van der Waals surface area contributed by atoms with Crippen molar-refractivity contribution in [2.75, 3.05) is 15.7 Å². The summed E-state index contributed by atoms with van der Waals surface area (Å²) in [5.74, 6) is -0.332. The van der Waals surface area contributed by atoms with Gasteiger partial charge in [0, 0.05) is 12.2 Å². The Hall–Kier alpha value is -4.11. The number of amides is 2. The van der Waals surface area contributed by atoms with Gasteiger partial charge < -0.3 is 10.4 Å². The van der Waals surface area contributed by atoms with Crippen LogP contribution in [0.25, 0.3) is 0 Å². The molecule has 3 aromatic carbocycles. The van der Waals surface area contributed by atoms with Gasteiger partial charge in [-0.1, -0.05) is 61.2 Å². The summed E-state index contributed by atoms with van der Waals surface area (Å²) < 4.78 is 28.7. The molecule has 3 aromatic rings. The third-order valence-electron chi connectivity index (χ3n) is 5.84. The Kier molecular flexibility index (Phi) is 6.88. The second-order valence-electron chi connectivity index (χ2n) is 8.04. The molecule has 0 saturated heterocycles. The number of carboxylic acid groups (broad SMARTS) is 1. The van der Waals surface area contributed by atoms with Gasteiger partial charge in [0.1, 0.15) is 0 Å². The number of para-hydroxylation sites is 1. The Morgan fingerprint density at radius 1 is 1.06 bits per heavy atom. The van der Waals surface area contributed by atoms with E-state index in [1.807, 2.05) is 30.3 Å². The molecule has 1 atom stereocenters. The molecule has 0 spiro atoms. The highest BCUT2D eigenvalue weighted by Gasteiger charge is 2.33. The fourth-order valence-corrected chi connectivity index (χ4v) is 5.68. The topological polar surface area (TPSA) is 107 Å². The number of rotatable bonds is 7. The average Bonchev–Trinajstić information content (AvgIpc) is 2.87. The van der Waals surface area contributed by atoms with Crippen LogP contribution in [-0.2, 0) is 21.4 Å². The van der Waals surface area contributed by atoms with Crippen LogP contribution in [0.4, 0.5) is 16.2 Å². The van der Waals surface area contributed by atoms with E-state index in [9.17, 15) is 23.1 Å². The Bertz CT molecular complexity index is 1360. The van der Waals surface area contributed by atoms with Crippen LogP contribution in [0.3, 0.4) is 0 Å². The highest BCUT2D eigenvalue weighted by molar-refractivity contribution is 7.92. The number of carbonyl (C=O) groups is 2. The third kappa shape index (κ3) is 5.04. The Labute approximate surface area is 204 Å². The van der Waals surface area contributed by atoms with E-state index < -0.39 is 16.1 Å². The molecule has 1 aliphatic rings. The lowest BCUT2D eigenvalue weighted by atomic mass is 9.98. The monoisotopic (exact) mass is 491 g/mol. The molecular formula is C26H25N3O5S. The number of anilines is 2. The van der Waals surface area contributed by atoms with Gasteiger partial charge in [0.2, 0.25) is 5.91 Å². The molecule has 0 fully saturated rings. The predicted octanol–water partition coefficient (Wildman–Crippen LogP) is 4.31. The van der Waals surface area contributed by atoms with Crippen molar-refractivity contribution in [1.29, 1.82) is 0 Å². The van der Waals surface area contributed by atoms with Crippen LogP contribution >= 0.6 is 0 Å². The summed E-state index contributed by atoms with van der Waals surface area (Å²) in [4.78, 5) is 25.0. The first-order valence-corrected chi connectivity index (χ1v) is 12.4. The Morgan fingerprint density at radius 3 is 2.49 bits per heavy atom. The number of nitrogens with one attached hydrogen (secondary N) is 1. The first-order chi connectivity index (χ1) is 16.8. The van der Waals surface area contributed by atoms with Crippen molar-refractivity contribution < 1.29 is 23.1 Å². The molecule has 4 rings (SSSR count). The van der Waals surface area contributed by atoms with Crippen molar-refractivity contribution in [2.24, 2.45) is 0 Å². The van der Waals surface area contributed by atoms with Crippen molar-refractivity contribution in [3.63, 3.8) is 0 Å². The van der Waals surface area contributed by atoms with E-state index in [1.54, 1.807) is 30.3 Å². The summed E-state index contributed by atoms with van der Waals surface area (Å²) in [7, 11) is -4.01. The van der Waals surface area contributed by atoms with Gasteiger partial charge in [-0.3, -0.25) is 14.0 Å². The molecular weight excluding hydrogens is 466 g/mol. The average molecular weight is 492 g/mol. The number of hydrogen-bond acceptors (Lipinski definition) is 4. The minimum absolute atomic E-state index is 0.0160. The molecule has 0 aliphatic carbocycles. The second kappa shape index (κ2) is 10.0. The molecule has 1 aliphatic heterocycles. The third-order valence-corrected chi connectivity index (χ3v) is 7.64. The van der Waals surface area contributed by atoms with Crippen molar-refractivity contribution in [3.8, 4) is 0 Å². The second-order valence-corrected chi connectivity index (χ2v) is 9.90. The quantitative estimate of drug-likeness (QED) is 0.479. The van der Waals surface area contributed by atoms with E-state index in [1.165, 1.54) is 28.6 Å². The summed E-state index contributed by atoms with van der Waals surface area (Å²) in [5, 5.41) is 12.7. The van der Waals surface area contributed by atoms with Crippen molar-refractivity contribution in [1.82, 2.24) is 5.32 Å². The summed E-state index contributed by atoms with van der Waals surface area (Å²) >= 11 is 0. The van der Waals surface area contributed by atoms with Crippen LogP contribution in [0, 0.1) is 0 Å². The van der Waals surface area contributed by atoms with Gasteiger partial charge in [-0.25, -0.2) is 13.2 Å². The SMILES string of the molecule is C=CC(=O)NC1CCN(S(=O)(=O)c2cccc(N(Cc3ccccc3)C(=O)O)c2)c2ccccc21. The Morgan fingerprint density at radius 2 is 1.77 bits per heavy atom. The largest absolute Gasteiger partial charge is 0.465 e. The molecule has 1 unspecified atom stereocenters. The van der Waals surface area contributed by atoms with Gasteiger partial charge in [-0.05, 0) is 47.9 Å². The first kappa shape index (κ1) is 24.0. The predicted molar refractivity (Wildman–Crippen MR) is 134 cm³/mol. The smallest absolute Gasteiger partial charge is 0.412 e. The maximum atomic E-state index is 13.7. The lowest BCUT2D eigenvalue weighted by Gasteiger charge is -2.35. The molecule has 0 saturated carbocycles. The fraction of sp³-hybridized carbons (Fsp3) is 0.154. The molecule has 0 bridgehead atoms. The number of carbonyl (C=O) groups excluding carboxylic acids is 1. The molecule has 35 heavy (non-hydrogen) atoms. The van der Waals surface area contributed by atoms with Crippen LogP contribution < -0.4 is 14.5 Å². The molecule has 0 radical (unpaired) electrons. The maximum absolute atomic E-state index is 13.7. The van der Waals surface area contributed by atoms with Crippen molar-refractivity contribution >= 4 is 33.4 Å². The van der Waals surface area contributed by atoms with E-state index in [2.05, 4.69) is 11.9 Å². The summed E-state index contributed by atoms with van der Waals surface area (Å²) in [6.45, 7) is 3.70. The summed E-state index contributed by atoms with van der Waals surface area (Å²) in [5.41, 5.74) is 2.19. The number of benzene rings is 3. The number of hydrogen-bond donors (Lipinski definition) is 2. The zero-order valence-electron chi connectivity index (χ0n) is 18.9. The minimum atomic E-state index is -4.01. The van der Waals surface area contributed by atoms with Gasteiger partial charge in [0.15, 0.2) is 0 Å². The van der Waals surface area contributed by atoms with Gasteiger partial charge in [-0.15, -0.1) is 0 Å². The maximum Gasteiger partial charge on any atom is 0.412 e. The highest BCUT2D eigenvalue weighted by Crippen LogP contribution is 2.37. The lowest BCUT2D eigenvalue weighted by molar-refractivity contribution is -0.117. The number of sulfonamides is 1. The van der Waals surface area contributed by atoms with Gasteiger partial charge in [0.05, 0.1) is 23.2 Å². The zero-order valence-corrected chi connectivity index (χ0v) is 19.7. The molecule has 8 nitrogen and oxygen atoms in total. The lowest BCUT2D eigenvalue weighted by Crippen LogP contribution is -2.40. The van der Waals surface area contributed by atoms with E-state index in [0.29, 0.717) is 17.7 Å². The first-order valence-electron chi connectivity index (χ1n) is 11.0. The fourth-order valence-electron chi connectivity index (χ4n) is 4.14. The molecule has 180 valence electrons. The number of fused-ring (bicyclic) bond motifs is 1. The number of nitrogens with zero attached hydrogens (tertiary/aromatic N) is 2. The standard InChI is InChI=1S/C26H25N3O5S/c1-2-25(30)27-23-15-16-29(24-14-7-6-13-22(23)24)35(33,34)21-12-8-11-20(17-21)28(26(31)32)18-19-9-4-3-5-10-19/h2-14,17,23H,1,15-16,18H2,(H,27,30)(H,31,32). The van der Waals surface area contributed by atoms with Crippen LogP contribution in [0.5, 0.6) is 0 Å². The highest BCUT2D eigenvalue weighted by atomic mass is 32.2. The van der Waals surface area contributed by atoms with Gasteiger partial charge in [-0.2, -0.15) is 0 Å². The summed E-state index contributed by atoms with van der Waals surface area (Å²) in [6, 6.07) is 21.7. The van der Waals surface area contributed by atoms with E-state index in [0.717, 1.165) is 10.5 Å². The van der Waals surface area contributed by atoms with Crippen molar-refractivity contribution in [3.05, 3.63) is 103 Å². The molecule has 0 aromatic heterocycles. The van der Waals surface area contributed by atoms with Crippen LogP contribution in [0.15, 0.2) is 96.4 Å². The normalized spacial score (nSPS) is 15.1. The van der Waals surface area contributed by atoms with Crippen LogP contribution in [-0.4, -0.2) is 32.1 Å².